The Morgan fingerprint density at radius 3 is 2.76 bits per heavy atom. The lowest BCUT2D eigenvalue weighted by atomic mass is 10.1. The average Bonchev–Trinajstić information content (AvgIpc) is 2.81. The second-order valence-corrected chi connectivity index (χ2v) is 4.33. The molecule has 5 heteroatoms. The number of aromatic amines is 1. The van der Waals surface area contributed by atoms with Gasteiger partial charge in [-0.05, 0) is 12.8 Å². The number of ether oxygens (including phenoxy) is 1. The van der Waals surface area contributed by atoms with E-state index in [0.29, 0.717) is 5.52 Å². The van der Waals surface area contributed by atoms with Crippen LogP contribution in [0.1, 0.15) is 31.3 Å². The number of fused-ring (bicyclic) bond motifs is 1. The Hall–Kier alpha value is -1.78. The maximum absolute atomic E-state index is 13.7. The van der Waals surface area contributed by atoms with E-state index in [1.165, 1.54) is 6.26 Å². The zero-order chi connectivity index (χ0) is 12.6. The van der Waals surface area contributed by atoms with E-state index >= 15 is 0 Å². The fourth-order valence-electron chi connectivity index (χ4n) is 1.39. The maximum Gasteiger partial charge on any atom is 0.358 e. The summed E-state index contributed by atoms with van der Waals surface area (Å²) in [5.74, 6) is -1.22. The number of carbonyl (C=O) groups excluding carboxylic acids is 1. The first kappa shape index (κ1) is 11.7. The fraction of sp³-hybridized carbons (Fsp3) is 0.417. The van der Waals surface area contributed by atoms with E-state index in [1.54, 1.807) is 13.0 Å². The lowest BCUT2D eigenvalue weighted by molar-refractivity contribution is 0.0227. The highest BCUT2D eigenvalue weighted by atomic mass is 19.1. The van der Waals surface area contributed by atoms with Gasteiger partial charge in [0.1, 0.15) is 6.10 Å². The molecule has 0 aromatic carbocycles. The Morgan fingerprint density at radius 2 is 2.18 bits per heavy atom. The average molecular weight is 239 g/mol. The number of esters is 1. The molecule has 17 heavy (non-hydrogen) atoms. The smallest absolute Gasteiger partial charge is 0.358 e. The topological polar surface area (TPSA) is 55.2 Å². The minimum Gasteiger partial charge on any atom is -0.460 e. The number of rotatable bonds is 3. The van der Waals surface area contributed by atoms with Crippen LogP contribution in [0.3, 0.4) is 0 Å². The quantitative estimate of drug-likeness (QED) is 0.837. The SMILES string of the molecule is CC(C)C(C)OC(=O)c1[nH]c2ccoc2c1F. The molecule has 0 aliphatic carbocycles. The Labute approximate surface area is 97.7 Å². The fourth-order valence-corrected chi connectivity index (χ4v) is 1.39. The van der Waals surface area contributed by atoms with Crippen molar-refractivity contribution in [3.05, 3.63) is 23.8 Å². The van der Waals surface area contributed by atoms with Gasteiger partial charge in [-0.25, -0.2) is 9.18 Å². The highest BCUT2D eigenvalue weighted by molar-refractivity contribution is 5.93. The molecule has 0 spiro atoms. The summed E-state index contributed by atoms with van der Waals surface area (Å²) >= 11 is 0. The highest BCUT2D eigenvalue weighted by Crippen LogP contribution is 2.22. The summed E-state index contributed by atoms with van der Waals surface area (Å²) in [4.78, 5) is 14.4. The van der Waals surface area contributed by atoms with Crippen LogP contribution in [-0.4, -0.2) is 17.1 Å². The van der Waals surface area contributed by atoms with Crippen molar-refractivity contribution in [1.29, 1.82) is 0 Å². The molecule has 2 heterocycles. The molecule has 2 aromatic heterocycles. The van der Waals surface area contributed by atoms with Crippen molar-refractivity contribution >= 4 is 17.1 Å². The van der Waals surface area contributed by atoms with Crippen LogP contribution in [0.25, 0.3) is 11.1 Å². The van der Waals surface area contributed by atoms with E-state index in [2.05, 4.69) is 4.98 Å². The number of H-pyrrole nitrogens is 1. The molecule has 0 saturated heterocycles. The summed E-state index contributed by atoms with van der Waals surface area (Å²) < 4.78 is 23.8. The third kappa shape index (κ3) is 2.05. The molecular weight excluding hydrogens is 225 g/mol. The molecule has 0 aliphatic heterocycles. The molecule has 0 amide bonds. The number of furan rings is 1. The monoisotopic (exact) mass is 239 g/mol. The third-order valence-corrected chi connectivity index (χ3v) is 2.78. The summed E-state index contributed by atoms with van der Waals surface area (Å²) in [5.41, 5.74) is 0.313. The van der Waals surface area contributed by atoms with Crippen LogP contribution in [0.2, 0.25) is 0 Å². The van der Waals surface area contributed by atoms with Crippen LogP contribution in [0, 0.1) is 11.7 Å². The molecule has 0 saturated carbocycles. The number of hydrogen-bond acceptors (Lipinski definition) is 3. The van der Waals surface area contributed by atoms with Gasteiger partial charge in [0, 0.05) is 6.07 Å². The van der Waals surface area contributed by atoms with Crippen molar-refractivity contribution in [2.24, 2.45) is 5.92 Å². The molecular formula is C12H14FNO3. The largest absolute Gasteiger partial charge is 0.460 e. The summed E-state index contributed by atoms with van der Waals surface area (Å²) in [6.45, 7) is 5.62. The van der Waals surface area contributed by atoms with Gasteiger partial charge in [-0.15, -0.1) is 0 Å². The van der Waals surface area contributed by atoms with Gasteiger partial charge in [0.15, 0.2) is 17.1 Å². The van der Waals surface area contributed by atoms with Crippen molar-refractivity contribution in [3.63, 3.8) is 0 Å². The van der Waals surface area contributed by atoms with Crippen LogP contribution >= 0.6 is 0 Å². The van der Waals surface area contributed by atoms with Gasteiger partial charge in [-0.2, -0.15) is 0 Å². The highest BCUT2D eigenvalue weighted by Gasteiger charge is 2.23. The minimum atomic E-state index is -0.703. The summed E-state index contributed by atoms with van der Waals surface area (Å²) in [6, 6.07) is 1.56. The predicted molar refractivity (Wildman–Crippen MR) is 60.2 cm³/mol. The van der Waals surface area contributed by atoms with E-state index in [4.69, 9.17) is 9.15 Å². The molecule has 2 aromatic rings. The molecule has 1 unspecified atom stereocenters. The van der Waals surface area contributed by atoms with Crippen molar-refractivity contribution in [1.82, 2.24) is 4.98 Å². The van der Waals surface area contributed by atoms with Gasteiger partial charge >= 0.3 is 5.97 Å². The molecule has 0 fully saturated rings. The number of nitrogens with one attached hydrogen (secondary N) is 1. The van der Waals surface area contributed by atoms with Crippen LogP contribution < -0.4 is 0 Å². The Balaban J connectivity index is 2.24. The van der Waals surface area contributed by atoms with Crippen molar-refractivity contribution in [2.45, 2.75) is 26.9 Å². The third-order valence-electron chi connectivity index (χ3n) is 2.78. The van der Waals surface area contributed by atoms with E-state index in [0.717, 1.165) is 0 Å². The van der Waals surface area contributed by atoms with Gasteiger partial charge in [0.2, 0.25) is 0 Å². The lowest BCUT2D eigenvalue weighted by Crippen LogP contribution is -2.21. The summed E-state index contributed by atoms with van der Waals surface area (Å²) in [7, 11) is 0. The zero-order valence-corrected chi connectivity index (χ0v) is 9.91. The van der Waals surface area contributed by atoms with E-state index in [1.807, 2.05) is 13.8 Å². The van der Waals surface area contributed by atoms with Gasteiger partial charge < -0.3 is 14.1 Å². The first-order valence-electron chi connectivity index (χ1n) is 5.46. The number of halogens is 1. The standard InChI is InChI=1S/C12H14FNO3/c1-6(2)7(3)17-12(15)10-9(13)11-8(14-10)4-5-16-11/h4-7,14H,1-3H3. The summed E-state index contributed by atoms with van der Waals surface area (Å²) in [6.07, 6.45) is 1.09. The van der Waals surface area contributed by atoms with Crippen LogP contribution in [0.5, 0.6) is 0 Å². The lowest BCUT2D eigenvalue weighted by Gasteiger charge is -2.15. The van der Waals surface area contributed by atoms with Gasteiger partial charge in [0.05, 0.1) is 11.8 Å². The van der Waals surface area contributed by atoms with Gasteiger partial charge in [-0.1, -0.05) is 13.8 Å². The van der Waals surface area contributed by atoms with E-state index in [9.17, 15) is 9.18 Å². The van der Waals surface area contributed by atoms with Crippen molar-refractivity contribution in [3.8, 4) is 0 Å². The predicted octanol–water partition coefficient (Wildman–Crippen LogP) is 3.10. The van der Waals surface area contributed by atoms with E-state index < -0.39 is 11.8 Å². The molecule has 1 atom stereocenters. The molecule has 0 bridgehead atoms. The first-order valence-corrected chi connectivity index (χ1v) is 5.46. The molecule has 0 aliphatic rings. The Bertz CT molecular complexity index is 541. The minimum absolute atomic E-state index is 0.0501. The first-order chi connectivity index (χ1) is 8.00. The Morgan fingerprint density at radius 1 is 1.47 bits per heavy atom. The maximum atomic E-state index is 13.7. The van der Waals surface area contributed by atoms with Gasteiger partial charge in [-0.3, -0.25) is 0 Å². The Kier molecular flexibility index (Phi) is 2.92. The molecule has 1 N–H and O–H groups in total. The van der Waals surface area contributed by atoms with E-state index in [-0.39, 0.29) is 23.3 Å². The number of hydrogen-bond donors (Lipinski definition) is 1. The van der Waals surface area contributed by atoms with Crippen molar-refractivity contribution < 1.29 is 18.3 Å². The molecule has 2 rings (SSSR count). The molecule has 92 valence electrons. The summed E-state index contributed by atoms with van der Waals surface area (Å²) in [5, 5.41) is 0. The second kappa shape index (κ2) is 4.24. The number of aromatic nitrogens is 1. The van der Waals surface area contributed by atoms with Crippen LogP contribution in [-0.2, 0) is 4.74 Å². The zero-order valence-electron chi connectivity index (χ0n) is 9.91. The van der Waals surface area contributed by atoms with Crippen LogP contribution in [0.15, 0.2) is 16.7 Å². The number of carbonyl (C=O) groups is 1. The second-order valence-electron chi connectivity index (χ2n) is 4.33. The van der Waals surface area contributed by atoms with Gasteiger partial charge in [0.25, 0.3) is 0 Å². The van der Waals surface area contributed by atoms with Crippen molar-refractivity contribution in [2.75, 3.05) is 0 Å². The molecule has 0 radical (unpaired) electrons. The normalized spacial score (nSPS) is 13.2. The van der Waals surface area contributed by atoms with Crippen LogP contribution in [0.4, 0.5) is 4.39 Å². The molecule has 4 nitrogen and oxygen atoms in total.